The van der Waals surface area contributed by atoms with Crippen molar-refractivity contribution in [2.45, 2.75) is 25.9 Å². The zero-order valence-electron chi connectivity index (χ0n) is 12.3. The zero-order valence-corrected chi connectivity index (χ0v) is 12.3. The number of benzene rings is 3. The lowest BCUT2D eigenvalue weighted by Crippen LogP contribution is -2.00. The van der Waals surface area contributed by atoms with Gasteiger partial charge in [-0.2, -0.15) is 0 Å². The number of aliphatic hydroxyl groups is 1. The van der Waals surface area contributed by atoms with Gasteiger partial charge in [0.15, 0.2) is 0 Å². The van der Waals surface area contributed by atoms with Crippen molar-refractivity contribution in [1.82, 2.24) is 0 Å². The molecule has 3 aromatic rings. The third-order valence-electron chi connectivity index (χ3n) is 3.97. The fraction of sp³-hybridized carbons (Fsp3) is 0.200. The van der Waals surface area contributed by atoms with Crippen LogP contribution in [0.4, 0.5) is 0 Å². The minimum atomic E-state index is -0.420. The van der Waals surface area contributed by atoms with Gasteiger partial charge in [-0.15, -0.1) is 0 Å². The van der Waals surface area contributed by atoms with E-state index in [4.69, 9.17) is 0 Å². The second-order valence-corrected chi connectivity index (χ2v) is 5.61. The lowest BCUT2D eigenvalue weighted by atomic mass is 9.96. The lowest BCUT2D eigenvalue weighted by molar-refractivity contribution is 0.169. The van der Waals surface area contributed by atoms with E-state index >= 15 is 0 Å². The minimum Gasteiger partial charge on any atom is -0.388 e. The van der Waals surface area contributed by atoms with E-state index < -0.39 is 6.10 Å². The van der Waals surface area contributed by atoms with Crippen LogP contribution in [-0.2, 0) is 6.42 Å². The molecule has 106 valence electrons. The topological polar surface area (TPSA) is 20.2 Å². The maximum Gasteiger partial charge on any atom is 0.0799 e. The summed E-state index contributed by atoms with van der Waals surface area (Å²) < 4.78 is 0. The van der Waals surface area contributed by atoms with Crippen molar-refractivity contribution in [2.75, 3.05) is 0 Å². The second kappa shape index (κ2) is 6.11. The molecule has 1 N–H and O–H groups in total. The lowest BCUT2D eigenvalue weighted by Gasteiger charge is -2.14. The van der Waals surface area contributed by atoms with Crippen molar-refractivity contribution in [3.05, 3.63) is 83.4 Å². The second-order valence-electron chi connectivity index (χ2n) is 5.61. The van der Waals surface area contributed by atoms with E-state index in [1.807, 2.05) is 24.3 Å². The van der Waals surface area contributed by atoms with Crippen LogP contribution in [0.2, 0.25) is 0 Å². The third kappa shape index (κ3) is 3.14. The molecule has 1 unspecified atom stereocenters. The zero-order chi connectivity index (χ0) is 14.7. The highest BCUT2D eigenvalue weighted by atomic mass is 16.3. The summed E-state index contributed by atoms with van der Waals surface area (Å²) in [6, 6.07) is 22.9. The van der Waals surface area contributed by atoms with E-state index in [0.717, 1.165) is 23.8 Å². The van der Waals surface area contributed by atoms with Crippen LogP contribution in [0, 0.1) is 6.92 Å². The fourth-order valence-corrected chi connectivity index (χ4v) is 2.87. The monoisotopic (exact) mass is 276 g/mol. The smallest absolute Gasteiger partial charge is 0.0799 e. The van der Waals surface area contributed by atoms with E-state index in [1.165, 1.54) is 16.5 Å². The summed E-state index contributed by atoms with van der Waals surface area (Å²) in [5, 5.41) is 12.9. The fourth-order valence-electron chi connectivity index (χ4n) is 2.87. The number of rotatable bonds is 4. The minimum absolute atomic E-state index is 0.420. The molecule has 1 atom stereocenters. The highest BCUT2D eigenvalue weighted by Crippen LogP contribution is 2.27. The largest absolute Gasteiger partial charge is 0.388 e. The van der Waals surface area contributed by atoms with Gasteiger partial charge in [0, 0.05) is 0 Å². The molecule has 0 aromatic heterocycles. The molecule has 0 saturated heterocycles. The first-order valence-electron chi connectivity index (χ1n) is 7.45. The molecule has 0 aliphatic heterocycles. The maximum absolute atomic E-state index is 10.5. The molecule has 21 heavy (non-hydrogen) atoms. The van der Waals surface area contributed by atoms with Crippen molar-refractivity contribution in [1.29, 1.82) is 0 Å². The van der Waals surface area contributed by atoms with Gasteiger partial charge in [-0.1, -0.05) is 72.3 Å². The molecule has 0 aliphatic rings. The highest BCUT2D eigenvalue weighted by molar-refractivity contribution is 5.85. The Balaban J connectivity index is 1.79. The first-order valence-corrected chi connectivity index (χ1v) is 7.45. The van der Waals surface area contributed by atoms with Gasteiger partial charge in [-0.25, -0.2) is 0 Å². The van der Waals surface area contributed by atoms with Gasteiger partial charge in [-0.3, -0.25) is 0 Å². The van der Waals surface area contributed by atoms with E-state index in [-0.39, 0.29) is 0 Å². The molecule has 3 aromatic carbocycles. The van der Waals surface area contributed by atoms with Crippen molar-refractivity contribution in [2.24, 2.45) is 0 Å². The molecular weight excluding hydrogens is 256 g/mol. The summed E-state index contributed by atoms with van der Waals surface area (Å²) in [6.45, 7) is 2.10. The van der Waals surface area contributed by atoms with Crippen LogP contribution in [0.1, 0.15) is 29.2 Å². The van der Waals surface area contributed by atoms with Gasteiger partial charge in [0.25, 0.3) is 0 Å². The standard InChI is InChI=1S/C20H20O/c1-15-6-4-7-16(14-15)12-13-20(21)19-11-5-9-17-8-2-3-10-18(17)19/h2-11,14,20-21H,12-13H2,1H3. The van der Waals surface area contributed by atoms with Gasteiger partial charge < -0.3 is 5.11 Å². The maximum atomic E-state index is 10.5. The van der Waals surface area contributed by atoms with Crippen molar-refractivity contribution in [3.8, 4) is 0 Å². The summed E-state index contributed by atoms with van der Waals surface area (Å²) >= 11 is 0. The molecule has 0 radical (unpaired) electrons. The van der Waals surface area contributed by atoms with Gasteiger partial charge >= 0.3 is 0 Å². The Hall–Kier alpha value is -2.12. The van der Waals surface area contributed by atoms with E-state index in [1.54, 1.807) is 0 Å². The Morgan fingerprint density at radius 1 is 0.905 bits per heavy atom. The van der Waals surface area contributed by atoms with Crippen LogP contribution < -0.4 is 0 Å². The van der Waals surface area contributed by atoms with E-state index in [0.29, 0.717) is 0 Å². The average Bonchev–Trinajstić information content (AvgIpc) is 2.52. The summed E-state index contributed by atoms with van der Waals surface area (Å²) in [7, 11) is 0. The molecule has 0 saturated carbocycles. The van der Waals surface area contributed by atoms with Crippen LogP contribution in [0.25, 0.3) is 10.8 Å². The Morgan fingerprint density at radius 3 is 2.52 bits per heavy atom. The van der Waals surface area contributed by atoms with Crippen LogP contribution in [0.3, 0.4) is 0 Å². The number of hydrogen-bond donors (Lipinski definition) is 1. The molecule has 0 amide bonds. The average molecular weight is 276 g/mol. The number of fused-ring (bicyclic) bond motifs is 1. The van der Waals surface area contributed by atoms with Gasteiger partial charge in [-0.05, 0) is 41.7 Å². The van der Waals surface area contributed by atoms with Crippen LogP contribution in [0.5, 0.6) is 0 Å². The number of aliphatic hydroxyl groups excluding tert-OH is 1. The van der Waals surface area contributed by atoms with Crippen LogP contribution >= 0.6 is 0 Å². The van der Waals surface area contributed by atoms with Gasteiger partial charge in [0.2, 0.25) is 0 Å². The molecule has 0 aliphatic carbocycles. The van der Waals surface area contributed by atoms with Crippen molar-refractivity contribution < 1.29 is 5.11 Å². The van der Waals surface area contributed by atoms with Crippen molar-refractivity contribution in [3.63, 3.8) is 0 Å². The molecule has 0 fully saturated rings. The SMILES string of the molecule is Cc1cccc(CCC(O)c2cccc3ccccc23)c1. The normalized spacial score (nSPS) is 12.5. The Bertz CT molecular complexity index is 740. The molecular formula is C20H20O. The highest BCUT2D eigenvalue weighted by Gasteiger charge is 2.11. The molecule has 1 heteroatoms. The van der Waals surface area contributed by atoms with Gasteiger partial charge in [0.1, 0.15) is 0 Å². The van der Waals surface area contributed by atoms with E-state index in [9.17, 15) is 5.11 Å². The summed E-state index contributed by atoms with van der Waals surface area (Å²) in [5.74, 6) is 0. The predicted octanol–water partition coefficient (Wildman–Crippen LogP) is 4.81. The predicted molar refractivity (Wildman–Crippen MR) is 88.4 cm³/mol. The number of aryl methyl sites for hydroxylation is 2. The molecule has 3 rings (SSSR count). The van der Waals surface area contributed by atoms with Crippen LogP contribution in [-0.4, -0.2) is 5.11 Å². The molecule has 0 bridgehead atoms. The Kier molecular flexibility index (Phi) is 4.03. The van der Waals surface area contributed by atoms with E-state index in [2.05, 4.69) is 49.4 Å². The quantitative estimate of drug-likeness (QED) is 0.724. The molecule has 0 spiro atoms. The summed E-state index contributed by atoms with van der Waals surface area (Å²) in [5.41, 5.74) is 3.59. The van der Waals surface area contributed by atoms with Crippen molar-refractivity contribution >= 4 is 10.8 Å². The first kappa shape index (κ1) is 13.8. The Morgan fingerprint density at radius 2 is 1.67 bits per heavy atom. The first-order chi connectivity index (χ1) is 10.2. The summed E-state index contributed by atoms with van der Waals surface area (Å²) in [4.78, 5) is 0. The van der Waals surface area contributed by atoms with Crippen LogP contribution in [0.15, 0.2) is 66.7 Å². The number of hydrogen-bond acceptors (Lipinski definition) is 1. The molecule has 0 heterocycles. The van der Waals surface area contributed by atoms with Gasteiger partial charge in [0.05, 0.1) is 6.10 Å². The summed E-state index contributed by atoms with van der Waals surface area (Å²) in [6.07, 6.45) is 1.22. The third-order valence-corrected chi connectivity index (χ3v) is 3.97. The molecule has 1 nitrogen and oxygen atoms in total. The Labute approximate surface area is 125 Å².